The largest absolute Gasteiger partial charge is 0.456 e. The molecule has 3 nitrogen and oxygen atoms in total. The summed E-state index contributed by atoms with van der Waals surface area (Å²) in [4.78, 5) is 0. The fourth-order valence-corrected chi connectivity index (χ4v) is 5.40. The molecule has 0 atom stereocenters. The van der Waals surface area contributed by atoms with Crippen LogP contribution in [0.2, 0.25) is 0 Å². The van der Waals surface area contributed by atoms with Crippen molar-refractivity contribution in [2.45, 2.75) is 6.42 Å². The summed E-state index contributed by atoms with van der Waals surface area (Å²) in [5.41, 5.74) is 8.14. The monoisotopic (exact) mass is 448 g/mol. The minimum Gasteiger partial charge on any atom is -0.456 e. The van der Waals surface area contributed by atoms with Gasteiger partial charge >= 0.3 is 0 Å². The van der Waals surface area contributed by atoms with Crippen molar-refractivity contribution in [3.05, 3.63) is 126 Å². The SMILES string of the molecule is N#Cc1ccc(-n2c3ccccc3c3ccccc32)c(Cc2cccc3oc4ccccc4c23)c1. The van der Waals surface area contributed by atoms with E-state index >= 15 is 0 Å². The molecule has 2 heterocycles. The van der Waals surface area contributed by atoms with E-state index in [2.05, 4.69) is 77.4 Å². The first kappa shape index (κ1) is 19.6. The summed E-state index contributed by atoms with van der Waals surface area (Å²) in [7, 11) is 0. The summed E-state index contributed by atoms with van der Waals surface area (Å²) in [5, 5.41) is 14.4. The van der Waals surface area contributed by atoms with Gasteiger partial charge in [-0.2, -0.15) is 5.26 Å². The van der Waals surface area contributed by atoms with E-state index in [0.29, 0.717) is 12.0 Å². The molecule has 0 radical (unpaired) electrons. The molecule has 0 amide bonds. The molecule has 0 aliphatic rings. The molecule has 7 aromatic rings. The lowest BCUT2D eigenvalue weighted by Crippen LogP contribution is -2.02. The van der Waals surface area contributed by atoms with Crippen molar-refractivity contribution in [2.24, 2.45) is 0 Å². The van der Waals surface area contributed by atoms with E-state index in [4.69, 9.17) is 4.42 Å². The number of furan rings is 1. The molecule has 0 saturated carbocycles. The molecule has 35 heavy (non-hydrogen) atoms. The van der Waals surface area contributed by atoms with Crippen molar-refractivity contribution < 1.29 is 4.42 Å². The van der Waals surface area contributed by atoms with Crippen LogP contribution in [0.1, 0.15) is 16.7 Å². The number of nitrogens with zero attached hydrogens (tertiary/aromatic N) is 2. The maximum atomic E-state index is 9.70. The predicted molar refractivity (Wildman–Crippen MR) is 142 cm³/mol. The normalized spacial score (nSPS) is 11.5. The van der Waals surface area contributed by atoms with Crippen LogP contribution < -0.4 is 0 Å². The molecule has 0 aliphatic heterocycles. The Morgan fingerprint density at radius 2 is 1.29 bits per heavy atom. The minimum absolute atomic E-state index is 0.661. The highest BCUT2D eigenvalue weighted by atomic mass is 16.3. The molecule has 0 fully saturated rings. The van der Waals surface area contributed by atoms with Gasteiger partial charge in [0, 0.05) is 33.7 Å². The molecule has 0 bridgehead atoms. The first-order valence-electron chi connectivity index (χ1n) is 11.7. The second-order valence-electron chi connectivity index (χ2n) is 8.89. The molecule has 0 N–H and O–H groups in total. The smallest absolute Gasteiger partial charge is 0.135 e. The van der Waals surface area contributed by atoms with Crippen molar-refractivity contribution in [1.82, 2.24) is 4.57 Å². The molecular weight excluding hydrogens is 428 g/mol. The van der Waals surface area contributed by atoms with E-state index in [1.54, 1.807) is 0 Å². The van der Waals surface area contributed by atoms with Gasteiger partial charge in [0.05, 0.1) is 22.7 Å². The summed E-state index contributed by atoms with van der Waals surface area (Å²) in [6.45, 7) is 0. The Balaban J connectivity index is 1.51. The topological polar surface area (TPSA) is 41.9 Å². The molecule has 2 aromatic heterocycles. The zero-order valence-corrected chi connectivity index (χ0v) is 18.9. The maximum absolute atomic E-state index is 9.70. The average molecular weight is 449 g/mol. The predicted octanol–water partition coefficient (Wildman–Crippen LogP) is 8.15. The molecule has 0 aliphatic carbocycles. The maximum Gasteiger partial charge on any atom is 0.135 e. The Morgan fingerprint density at radius 3 is 2.03 bits per heavy atom. The molecule has 0 saturated heterocycles. The number of rotatable bonds is 3. The number of nitriles is 1. The lowest BCUT2D eigenvalue weighted by molar-refractivity contribution is 0.668. The van der Waals surface area contributed by atoms with Gasteiger partial charge in [-0.15, -0.1) is 0 Å². The van der Waals surface area contributed by atoms with Gasteiger partial charge < -0.3 is 8.98 Å². The van der Waals surface area contributed by atoms with Crippen molar-refractivity contribution in [3.8, 4) is 11.8 Å². The van der Waals surface area contributed by atoms with Gasteiger partial charge in [0.15, 0.2) is 0 Å². The van der Waals surface area contributed by atoms with E-state index in [-0.39, 0.29) is 0 Å². The molecule has 5 aromatic carbocycles. The van der Waals surface area contributed by atoms with Crippen LogP contribution >= 0.6 is 0 Å². The van der Waals surface area contributed by atoms with E-state index in [1.807, 2.05) is 42.5 Å². The van der Waals surface area contributed by atoms with E-state index in [9.17, 15) is 5.26 Å². The summed E-state index contributed by atoms with van der Waals surface area (Å²) in [5.74, 6) is 0. The second kappa shape index (κ2) is 7.62. The summed E-state index contributed by atoms with van der Waals surface area (Å²) < 4.78 is 8.46. The highest BCUT2D eigenvalue weighted by Crippen LogP contribution is 2.36. The summed E-state index contributed by atoms with van der Waals surface area (Å²) >= 11 is 0. The fraction of sp³-hybridized carbons (Fsp3) is 0.0312. The van der Waals surface area contributed by atoms with Gasteiger partial charge in [-0.3, -0.25) is 0 Å². The van der Waals surface area contributed by atoms with Gasteiger partial charge in [-0.25, -0.2) is 0 Å². The minimum atomic E-state index is 0.661. The zero-order valence-electron chi connectivity index (χ0n) is 18.9. The van der Waals surface area contributed by atoms with E-state index < -0.39 is 0 Å². The Morgan fingerprint density at radius 1 is 0.629 bits per heavy atom. The standard InChI is InChI=1S/C32H20N2O/c33-20-21-16-17-27(34-28-12-4-1-9-24(28)25-10-2-5-13-29(25)34)23(18-21)19-22-8-7-15-31-32(22)26-11-3-6-14-30(26)35-31/h1-18H,19H2. The van der Waals surface area contributed by atoms with Gasteiger partial charge in [-0.1, -0.05) is 66.7 Å². The Bertz CT molecular complexity index is 1900. The molecular formula is C32H20N2O. The van der Waals surface area contributed by atoms with Crippen LogP contribution in [0.25, 0.3) is 49.4 Å². The first-order valence-corrected chi connectivity index (χ1v) is 11.7. The Labute approximate surface area is 202 Å². The van der Waals surface area contributed by atoms with Crippen LogP contribution in [-0.2, 0) is 6.42 Å². The van der Waals surface area contributed by atoms with Crippen molar-refractivity contribution in [3.63, 3.8) is 0 Å². The number of fused-ring (bicyclic) bond motifs is 6. The number of benzene rings is 5. The lowest BCUT2D eigenvalue weighted by atomic mass is 9.97. The Hall–Kier alpha value is -4.81. The van der Waals surface area contributed by atoms with Crippen LogP contribution in [-0.4, -0.2) is 4.57 Å². The zero-order chi connectivity index (χ0) is 23.4. The van der Waals surface area contributed by atoms with Gasteiger partial charge in [0.2, 0.25) is 0 Å². The number of para-hydroxylation sites is 3. The fourth-order valence-electron chi connectivity index (χ4n) is 5.40. The van der Waals surface area contributed by atoms with Crippen molar-refractivity contribution >= 4 is 43.7 Å². The molecule has 164 valence electrons. The first-order chi connectivity index (χ1) is 17.3. The average Bonchev–Trinajstić information content (AvgIpc) is 3.45. The lowest BCUT2D eigenvalue weighted by Gasteiger charge is -2.15. The van der Waals surface area contributed by atoms with Crippen LogP contribution in [0, 0.1) is 11.3 Å². The number of hydrogen-bond acceptors (Lipinski definition) is 2. The quantitative estimate of drug-likeness (QED) is 0.274. The highest BCUT2D eigenvalue weighted by molar-refractivity contribution is 6.09. The third kappa shape index (κ3) is 2.97. The number of hydrogen-bond donors (Lipinski definition) is 0. The molecule has 0 spiro atoms. The third-order valence-electron chi connectivity index (χ3n) is 6.90. The third-order valence-corrected chi connectivity index (χ3v) is 6.90. The second-order valence-corrected chi connectivity index (χ2v) is 8.89. The van der Waals surface area contributed by atoms with E-state index in [1.165, 1.54) is 16.3 Å². The Kier molecular flexibility index (Phi) is 4.27. The molecule has 7 rings (SSSR count). The van der Waals surface area contributed by atoms with Gasteiger partial charge in [0.1, 0.15) is 11.2 Å². The van der Waals surface area contributed by atoms with Crippen molar-refractivity contribution in [1.29, 1.82) is 5.26 Å². The van der Waals surface area contributed by atoms with Crippen LogP contribution in [0.4, 0.5) is 0 Å². The number of aromatic nitrogens is 1. The van der Waals surface area contributed by atoms with Crippen LogP contribution in [0.15, 0.2) is 114 Å². The molecule has 0 unspecified atom stereocenters. The van der Waals surface area contributed by atoms with E-state index in [0.717, 1.165) is 44.2 Å². The highest BCUT2D eigenvalue weighted by Gasteiger charge is 2.17. The van der Waals surface area contributed by atoms with Crippen LogP contribution in [0.5, 0.6) is 0 Å². The van der Waals surface area contributed by atoms with Crippen molar-refractivity contribution in [2.75, 3.05) is 0 Å². The van der Waals surface area contributed by atoms with Gasteiger partial charge in [-0.05, 0) is 53.6 Å². The molecule has 3 heteroatoms. The van der Waals surface area contributed by atoms with Gasteiger partial charge in [0.25, 0.3) is 0 Å². The summed E-state index contributed by atoms with van der Waals surface area (Å²) in [6, 6.07) is 39.8. The summed E-state index contributed by atoms with van der Waals surface area (Å²) in [6.07, 6.45) is 0.687. The van der Waals surface area contributed by atoms with Crippen LogP contribution in [0.3, 0.4) is 0 Å².